The first kappa shape index (κ1) is 13.4. The van der Waals surface area contributed by atoms with Crippen molar-refractivity contribution in [1.29, 1.82) is 0 Å². The van der Waals surface area contributed by atoms with Gasteiger partial charge in [-0.05, 0) is 30.2 Å². The van der Waals surface area contributed by atoms with Crippen molar-refractivity contribution in [2.75, 3.05) is 13.1 Å². The summed E-state index contributed by atoms with van der Waals surface area (Å²) in [5, 5.41) is 12.4. The monoisotopic (exact) mass is 312 g/mol. The van der Waals surface area contributed by atoms with Crippen molar-refractivity contribution < 1.29 is 9.90 Å². The minimum absolute atomic E-state index is 0.0281. The number of carbonyl (C=O) groups excluding carboxylic acids is 1. The SMILES string of the molecule is CC(=O)NC1CCN(Cc2cc(O)ccc2Br)C1. The number of benzene rings is 1. The van der Waals surface area contributed by atoms with Crippen molar-refractivity contribution in [2.24, 2.45) is 0 Å². The van der Waals surface area contributed by atoms with Gasteiger partial charge in [0.25, 0.3) is 0 Å². The second-order valence-electron chi connectivity index (χ2n) is 4.70. The second-order valence-corrected chi connectivity index (χ2v) is 5.55. The van der Waals surface area contributed by atoms with Crippen molar-refractivity contribution in [3.05, 3.63) is 28.2 Å². The van der Waals surface area contributed by atoms with Crippen LogP contribution in [0.4, 0.5) is 0 Å². The van der Waals surface area contributed by atoms with Gasteiger partial charge in [0.05, 0.1) is 0 Å². The maximum Gasteiger partial charge on any atom is 0.217 e. The van der Waals surface area contributed by atoms with E-state index < -0.39 is 0 Å². The smallest absolute Gasteiger partial charge is 0.217 e. The third kappa shape index (κ3) is 3.46. The maximum absolute atomic E-state index is 11.0. The van der Waals surface area contributed by atoms with E-state index in [9.17, 15) is 9.90 Å². The lowest BCUT2D eigenvalue weighted by Gasteiger charge is -2.17. The van der Waals surface area contributed by atoms with Crippen molar-refractivity contribution in [3.63, 3.8) is 0 Å². The summed E-state index contributed by atoms with van der Waals surface area (Å²) in [7, 11) is 0. The molecule has 2 rings (SSSR count). The number of hydrogen-bond donors (Lipinski definition) is 2. The molecule has 1 aliphatic rings. The largest absolute Gasteiger partial charge is 0.508 e. The van der Waals surface area contributed by atoms with Gasteiger partial charge in [-0.2, -0.15) is 0 Å². The van der Waals surface area contributed by atoms with Crippen LogP contribution < -0.4 is 5.32 Å². The lowest BCUT2D eigenvalue weighted by Crippen LogP contribution is -2.35. The fourth-order valence-electron chi connectivity index (χ4n) is 2.30. The molecule has 1 saturated heterocycles. The van der Waals surface area contributed by atoms with Gasteiger partial charge >= 0.3 is 0 Å². The Morgan fingerprint density at radius 3 is 3.11 bits per heavy atom. The number of likely N-dealkylation sites (tertiary alicyclic amines) is 1. The molecule has 1 amide bonds. The molecule has 1 heterocycles. The number of phenols is 1. The second kappa shape index (κ2) is 5.71. The van der Waals surface area contributed by atoms with E-state index in [1.807, 2.05) is 6.07 Å². The summed E-state index contributed by atoms with van der Waals surface area (Å²) in [5.74, 6) is 0.311. The highest BCUT2D eigenvalue weighted by molar-refractivity contribution is 9.10. The molecule has 4 nitrogen and oxygen atoms in total. The van der Waals surface area contributed by atoms with Crippen LogP contribution in [-0.2, 0) is 11.3 Å². The van der Waals surface area contributed by atoms with Crippen LogP contribution in [0.1, 0.15) is 18.9 Å². The zero-order valence-corrected chi connectivity index (χ0v) is 11.9. The summed E-state index contributed by atoms with van der Waals surface area (Å²) < 4.78 is 1.00. The molecule has 1 aromatic rings. The van der Waals surface area contributed by atoms with Crippen molar-refractivity contribution in [1.82, 2.24) is 10.2 Å². The Morgan fingerprint density at radius 2 is 2.39 bits per heavy atom. The molecule has 0 bridgehead atoms. The first-order chi connectivity index (χ1) is 8.54. The Labute approximate surface area is 115 Å². The summed E-state index contributed by atoms with van der Waals surface area (Å²) in [6.45, 7) is 4.16. The fourth-order valence-corrected chi connectivity index (χ4v) is 2.68. The van der Waals surface area contributed by atoms with E-state index in [1.165, 1.54) is 0 Å². The zero-order valence-electron chi connectivity index (χ0n) is 10.3. The van der Waals surface area contributed by atoms with E-state index >= 15 is 0 Å². The number of nitrogens with zero attached hydrogens (tertiary/aromatic N) is 1. The average Bonchev–Trinajstić information content (AvgIpc) is 2.70. The molecule has 0 aromatic heterocycles. The minimum atomic E-state index is 0.0281. The van der Waals surface area contributed by atoms with Gasteiger partial charge in [-0.25, -0.2) is 0 Å². The highest BCUT2D eigenvalue weighted by Gasteiger charge is 2.23. The van der Waals surface area contributed by atoms with Crippen LogP contribution in [0.3, 0.4) is 0 Å². The van der Waals surface area contributed by atoms with Crippen LogP contribution in [-0.4, -0.2) is 35.0 Å². The molecule has 1 unspecified atom stereocenters. The molecule has 0 aliphatic carbocycles. The van der Waals surface area contributed by atoms with E-state index in [4.69, 9.17) is 0 Å². The van der Waals surface area contributed by atoms with Gasteiger partial charge in [0, 0.05) is 37.1 Å². The molecule has 98 valence electrons. The number of phenolic OH excluding ortho intramolecular Hbond substituents is 1. The Morgan fingerprint density at radius 1 is 1.61 bits per heavy atom. The molecule has 0 spiro atoms. The molecule has 18 heavy (non-hydrogen) atoms. The number of nitrogens with one attached hydrogen (secondary N) is 1. The summed E-state index contributed by atoms with van der Waals surface area (Å²) in [4.78, 5) is 13.3. The third-order valence-electron chi connectivity index (χ3n) is 3.10. The maximum atomic E-state index is 11.0. The van der Waals surface area contributed by atoms with Gasteiger partial charge in [0.1, 0.15) is 5.75 Å². The Hall–Kier alpha value is -1.07. The fraction of sp³-hybridized carbons (Fsp3) is 0.462. The summed E-state index contributed by atoms with van der Waals surface area (Å²) in [5.41, 5.74) is 1.07. The number of aromatic hydroxyl groups is 1. The molecule has 1 aliphatic heterocycles. The lowest BCUT2D eigenvalue weighted by molar-refractivity contribution is -0.119. The quantitative estimate of drug-likeness (QED) is 0.896. The van der Waals surface area contributed by atoms with Crippen LogP contribution in [0.5, 0.6) is 5.75 Å². The highest BCUT2D eigenvalue weighted by atomic mass is 79.9. The van der Waals surface area contributed by atoms with E-state index in [1.54, 1.807) is 19.1 Å². The van der Waals surface area contributed by atoms with Crippen molar-refractivity contribution in [3.8, 4) is 5.75 Å². The molecule has 0 radical (unpaired) electrons. The Bertz CT molecular complexity index is 451. The van der Waals surface area contributed by atoms with Gasteiger partial charge in [0.2, 0.25) is 5.91 Å². The van der Waals surface area contributed by atoms with E-state index in [-0.39, 0.29) is 17.7 Å². The van der Waals surface area contributed by atoms with Crippen LogP contribution >= 0.6 is 15.9 Å². The molecular weight excluding hydrogens is 296 g/mol. The molecule has 1 aromatic carbocycles. The first-order valence-electron chi connectivity index (χ1n) is 6.01. The van der Waals surface area contributed by atoms with Crippen molar-refractivity contribution >= 4 is 21.8 Å². The number of hydrogen-bond acceptors (Lipinski definition) is 3. The third-order valence-corrected chi connectivity index (χ3v) is 3.88. The predicted octanol–water partition coefficient (Wildman–Crippen LogP) is 1.87. The molecule has 2 N–H and O–H groups in total. The van der Waals surface area contributed by atoms with Gasteiger partial charge in [-0.1, -0.05) is 15.9 Å². The Balaban J connectivity index is 1.95. The molecule has 5 heteroatoms. The van der Waals surface area contributed by atoms with Gasteiger partial charge in [-0.3, -0.25) is 9.69 Å². The van der Waals surface area contributed by atoms with Crippen LogP contribution in [0.15, 0.2) is 22.7 Å². The van der Waals surface area contributed by atoms with Crippen molar-refractivity contribution in [2.45, 2.75) is 25.9 Å². The van der Waals surface area contributed by atoms with Gasteiger partial charge in [-0.15, -0.1) is 0 Å². The minimum Gasteiger partial charge on any atom is -0.508 e. The summed E-state index contributed by atoms with van der Waals surface area (Å²) in [6.07, 6.45) is 0.982. The topological polar surface area (TPSA) is 52.6 Å². The normalized spacial score (nSPS) is 20.0. The van der Waals surface area contributed by atoms with Gasteiger partial charge in [0.15, 0.2) is 0 Å². The van der Waals surface area contributed by atoms with Crippen LogP contribution in [0.2, 0.25) is 0 Å². The Kier molecular flexibility index (Phi) is 4.24. The van der Waals surface area contributed by atoms with E-state index in [0.717, 1.165) is 36.1 Å². The van der Waals surface area contributed by atoms with E-state index in [2.05, 4.69) is 26.1 Å². The van der Waals surface area contributed by atoms with E-state index in [0.29, 0.717) is 0 Å². The zero-order chi connectivity index (χ0) is 13.1. The number of amides is 1. The van der Waals surface area contributed by atoms with Crippen LogP contribution in [0, 0.1) is 0 Å². The molecule has 1 fully saturated rings. The highest BCUT2D eigenvalue weighted by Crippen LogP contribution is 2.24. The number of carbonyl (C=O) groups is 1. The van der Waals surface area contributed by atoms with Crippen LogP contribution in [0.25, 0.3) is 0 Å². The molecular formula is C13H17BrN2O2. The average molecular weight is 313 g/mol. The lowest BCUT2D eigenvalue weighted by atomic mass is 10.2. The number of halogens is 1. The summed E-state index contributed by atoms with van der Waals surface area (Å²) >= 11 is 3.49. The predicted molar refractivity (Wildman–Crippen MR) is 73.3 cm³/mol. The standard InChI is InChI=1S/C13H17BrN2O2/c1-9(17)15-11-4-5-16(8-11)7-10-6-12(18)2-3-13(10)14/h2-3,6,11,18H,4-5,7-8H2,1H3,(H,15,17). The summed E-state index contributed by atoms with van der Waals surface area (Å²) in [6, 6.07) is 5.54. The molecule has 0 saturated carbocycles. The molecule has 1 atom stereocenters. The number of rotatable bonds is 3. The van der Waals surface area contributed by atoms with Gasteiger partial charge < -0.3 is 10.4 Å². The first-order valence-corrected chi connectivity index (χ1v) is 6.81.